The molecule has 2 aliphatic heterocycles. The molecule has 34 heavy (non-hydrogen) atoms. The van der Waals surface area contributed by atoms with E-state index in [1.807, 2.05) is 0 Å². The number of nitrogens with zero attached hydrogens (tertiary/aromatic N) is 2. The number of amides is 1. The Morgan fingerprint density at radius 1 is 0.912 bits per heavy atom. The Morgan fingerprint density at radius 3 is 2.18 bits per heavy atom. The summed E-state index contributed by atoms with van der Waals surface area (Å²) < 4.78 is 43.8. The third-order valence-corrected chi connectivity index (χ3v) is 8.03. The van der Waals surface area contributed by atoms with Crippen LogP contribution in [0.5, 0.6) is 11.5 Å². The van der Waals surface area contributed by atoms with E-state index in [4.69, 9.17) is 14.2 Å². The lowest BCUT2D eigenvalue weighted by Crippen LogP contribution is -2.40. The number of anilines is 2. The minimum absolute atomic E-state index is 0.147. The zero-order valence-corrected chi connectivity index (χ0v) is 20.4. The van der Waals surface area contributed by atoms with Crippen LogP contribution in [-0.2, 0) is 14.8 Å². The minimum Gasteiger partial charge on any atom is -0.497 e. The van der Waals surface area contributed by atoms with Crippen LogP contribution in [0.1, 0.15) is 29.6 Å². The lowest BCUT2D eigenvalue weighted by atomic mass is 10.1. The third-order valence-electron chi connectivity index (χ3n) is 6.13. The molecule has 4 rings (SSSR count). The van der Waals surface area contributed by atoms with Gasteiger partial charge in [-0.1, -0.05) is 0 Å². The van der Waals surface area contributed by atoms with Crippen molar-refractivity contribution in [3.63, 3.8) is 0 Å². The number of ether oxygens (including phenoxy) is 3. The molecule has 10 heteroatoms. The zero-order chi connectivity index (χ0) is 24.1. The molecule has 2 fully saturated rings. The highest BCUT2D eigenvalue weighted by Gasteiger charge is 2.28. The molecule has 1 N–H and O–H groups in total. The van der Waals surface area contributed by atoms with E-state index in [2.05, 4.69) is 10.2 Å². The highest BCUT2D eigenvalue weighted by molar-refractivity contribution is 7.89. The zero-order valence-electron chi connectivity index (χ0n) is 19.6. The van der Waals surface area contributed by atoms with E-state index in [-0.39, 0.29) is 10.8 Å². The van der Waals surface area contributed by atoms with Crippen LogP contribution in [0.2, 0.25) is 0 Å². The van der Waals surface area contributed by atoms with E-state index in [0.717, 1.165) is 38.0 Å². The Bertz CT molecular complexity index is 1100. The summed E-state index contributed by atoms with van der Waals surface area (Å²) in [5.41, 5.74) is 1.62. The molecule has 2 aromatic carbocycles. The number of methoxy groups -OCH3 is 2. The number of carbonyl (C=O) groups excluding carboxylic acids is 1. The Kier molecular flexibility index (Phi) is 7.60. The fourth-order valence-corrected chi connectivity index (χ4v) is 5.69. The fraction of sp³-hybridized carbons (Fsp3) is 0.458. The van der Waals surface area contributed by atoms with Crippen LogP contribution < -0.4 is 19.7 Å². The third kappa shape index (κ3) is 5.29. The Balaban J connectivity index is 1.69. The second-order valence-electron chi connectivity index (χ2n) is 8.30. The molecule has 2 heterocycles. The largest absolute Gasteiger partial charge is 0.497 e. The molecule has 0 saturated carbocycles. The van der Waals surface area contributed by atoms with Crippen molar-refractivity contribution in [2.75, 3.05) is 63.8 Å². The van der Waals surface area contributed by atoms with Crippen LogP contribution in [0.4, 0.5) is 11.4 Å². The van der Waals surface area contributed by atoms with Gasteiger partial charge in [-0.15, -0.1) is 0 Å². The molecule has 2 aromatic rings. The van der Waals surface area contributed by atoms with E-state index >= 15 is 0 Å². The summed E-state index contributed by atoms with van der Waals surface area (Å²) in [5, 5.41) is 2.94. The van der Waals surface area contributed by atoms with Crippen LogP contribution in [0, 0.1) is 0 Å². The smallest absolute Gasteiger partial charge is 0.255 e. The van der Waals surface area contributed by atoms with Crippen molar-refractivity contribution in [3.8, 4) is 11.5 Å². The Labute approximate surface area is 200 Å². The number of carbonyl (C=O) groups is 1. The van der Waals surface area contributed by atoms with Gasteiger partial charge in [-0.3, -0.25) is 4.79 Å². The second-order valence-corrected chi connectivity index (χ2v) is 10.2. The molecular formula is C24H31N3O6S. The Morgan fingerprint density at radius 2 is 1.56 bits per heavy atom. The number of piperidine rings is 1. The predicted molar refractivity (Wildman–Crippen MR) is 130 cm³/mol. The molecule has 0 atom stereocenters. The van der Waals surface area contributed by atoms with Crippen LogP contribution in [0.15, 0.2) is 41.3 Å². The molecule has 0 aromatic heterocycles. The molecule has 0 radical (unpaired) electrons. The van der Waals surface area contributed by atoms with Gasteiger partial charge in [0, 0.05) is 37.8 Å². The van der Waals surface area contributed by atoms with E-state index in [1.54, 1.807) is 36.4 Å². The summed E-state index contributed by atoms with van der Waals surface area (Å²) in [7, 11) is -0.673. The molecule has 1 amide bonds. The lowest BCUT2D eigenvalue weighted by Gasteiger charge is -2.31. The quantitative estimate of drug-likeness (QED) is 0.639. The lowest BCUT2D eigenvalue weighted by molar-refractivity contribution is 0.0730. The van der Waals surface area contributed by atoms with Crippen molar-refractivity contribution >= 4 is 27.3 Å². The maximum absolute atomic E-state index is 13.3. The summed E-state index contributed by atoms with van der Waals surface area (Å²) in [4.78, 5) is 15.6. The molecule has 9 nitrogen and oxygen atoms in total. The van der Waals surface area contributed by atoms with Crippen molar-refractivity contribution < 1.29 is 27.4 Å². The first-order valence-electron chi connectivity index (χ1n) is 11.4. The molecule has 2 saturated heterocycles. The van der Waals surface area contributed by atoms with Crippen LogP contribution in [0.3, 0.4) is 0 Å². The maximum atomic E-state index is 13.3. The molecule has 184 valence electrons. The van der Waals surface area contributed by atoms with E-state index in [0.29, 0.717) is 49.1 Å². The monoisotopic (exact) mass is 489 g/mol. The van der Waals surface area contributed by atoms with Crippen molar-refractivity contribution in [2.45, 2.75) is 24.2 Å². The van der Waals surface area contributed by atoms with Gasteiger partial charge in [-0.05, 0) is 49.6 Å². The van der Waals surface area contributed by atoms with Crippen LogP contribution in [0.25, 0.3) is 0 Å². The van der Waals surface area contributed by atoms with E-state index in [1.165, 1.54) is 18.5 Å². The molecule has 0 spiro atoms. The topological polar surface area (TPSA) is 97.4 Å². The number of rotatable bonds is 7. The van der Waals surface area contributed by atoms with Crippen LogP contribution in [-0.4, -0.2) is 72.2 Å². The van der Waals surface area contributed by atoms with Crippen LogP contribution >= 0.6 is 0 Å². The average Bonchev–Trinajstić information content (AvgIpc) is 2.89. The number of sulfonamides is 1. The van der Waals surface area contributed by atoms with Gasteiger partial charge in [-0.2, -0.15) is 4.31 Å². The SMILES string of the molecule is COc1cc(OC)cc(C(=O)Nc2cc(S(=O)(=O)N3CCOCC3)ccc2N2CCCCC2)c1. The van der Waals surface area contributed by atoms with Crippen molar-refractivity contribution in [1.82, 2.24) is 4.31 Å². The van der Waals surface area contributed by atoms with Gasteiger partial charge in [0.25, 0.3) is 5.91 Å². The van der Waals surface area contributed by atoms with Crippen molar-refractivity contribution in [1.29, 1.82) is 0 Å². The second kappa shape index (κ2) is 10.6. The first-order valence-corrected chi connectivity index (χ1v) is 12.9. The number of hydrogen-bond acceptors (Lipinski definition) is 7. The molecule has 0 aliphatic carbocycles. The molecule has 2 aliphatic rings. The Hall–Kier alpha value is -2.82. The minimum atomic E-state index is -3.71. The number of morpholine rings is 1. The summed E-state index contributed by atoms with van der Waals surface area (Å²) in [6.45, 7) is 3.05. The maximum Gasteiger partial charge on any atom is 0.255 e. The van der Waals surface area contributed by atoms with Gasteiger partial charge in [-0.25, -0.2) is 8.42 Å². The number of benzene rings is 2. The van der Waals surface area contributed by atoms with Gasteiger partial charge in [0.05, 0.1) is 43.7 Å². The van der Waals surface area contributed by atoms with Gasteiger partial charge < -0.3 is 24.4 Å². The summed E-state index contributed by atoms with van der Waals surface area (Å²) in [5.74, 6) is 0.602. The summed E-state index contributed by atoms with van der Waals surface area (Å²) in [6.07, 6.45) is 3.26. The molecular weight excluding hydrogens is 458 g/mol. The van der Waals surface area contributed by atoms with E-state index in [9.17, 15) is 13.2 Å². The predicted octanol–water partition coefficient (Wildman–Crippen LogP) is 2.97. The average molecular weight is 490 g/mol. The summed E-state index contributed by atoms with van der Waals surface area (Å²) >= 11 is 0. The molecule has 0 bridgehead atoms. The normalized spacial score (nSPS) is 17.3. The first kappa shape index (κ1) is 24.3. The van der Waals surface area contributed by atoms with Gasteiger partial charge in [0.2, 0.25) is 10.0 Å². The standard InChI is InChI=1S/C24H31N3O6S/c1-31-19-14-18(15-20(16-19)32-2)24(28)25-22-17-21(34(29,30)27-10-12-33-13-11-27)6-7-23(22)26-8-4-3-5-9-26/h6-7,14-17H,3-5,8-13H2,1-2H3,(H,25,28). The summed E-state index contributed by atoms with van der Waals surface area (Å²) in [6, 6.07) is 9.90. The number of hydrogen-bond donors (Lipinski definition) is 1. The number of nitrogens with one attached hydrogen (secondary N) is 1. The van der Waals surface area contributed by atoms with Gasteiger partial charge >= 0.3 is 0 Å². The molecule has 0 unspecified atom stereocenters. The van der Waals surface area contributed by atoms with Crippen molar-refractivity contribution in [3.05, 3.63) is 42.0 Å². The van der Waals surface area contributed by atoms with E-state index < -0.39 is 10.0 Å². The fourth-order valence-electron chi connectivity index (χ4n) is 4.26. The highest BCUT2D eigenvalue weighted by atomic mass is 32.2. The van der Waals surface area contributed by atoms with Crippen molar-refractivity contribution in [2.24, 2.45) is 0 Å². The highest BCUT2D eigenvalue weighted by Crippen LogP contribution is 2.33. The van der Waals surface area contributed by atoms with Gasteiger partial charge in [0.15, 0.2) is 0 Å². The van der Waals surface area contributed by atoms with Gasteiger partial charge in [0.1, 0.15) is 11.5 Å². The first-order chi connectivity index (χ1) is 16.4.